The summed E-state index contributed by atoms with van der Waals surface area (Å²) in [5.41, 5.74) is 0. The fourth-order valence-electron chi connectivity index (χ4n) is 6.01. The van der Waals surface area contributed by atoms with Crippen molar-refractivity contribution in [2.45, 2.75) is 64.3 Å². The van der Waals surface area contributed by atoms with Crippen molar-refractivity contribution in [1.82, 2.24) is 10.2 Å². The van der Waals surface area contributed by atoms with E-state index in [2.05, 4.69) is 17.1 Å². The molecular weight excluding hydrogens is 272 g/mol. The number of rotatable bonds is 3. The Morgan fingerprint density at radius 1 is 1.14 bits per heavy atom. The first kappa shape index (κ1) is 15.0. The summed E-state index contributed by atoms with van der Waals surface area (Å²) in [6, 6.07) is 0.584. The number of hydrogen-bond donors (Lipinski definition) is 1. The van der Waals surface area contributed by atoms with E-state index in [1.54, 1.807) is 0 Å². The van der Waals surface area contributed by atoms with E-state index >= 15 is 0 Å². The number of hydrogen-bond acceptors (Lipinski definition) is 2. The van der Waals surface area contributed by atoms with Crippen molar-refractivity contribution in [3.05, 3.63) is 0 Å². The highest BCUT2D eigenvalue weighted by atomic mass is 16.2. The van der Waals surface area contributed by atoms with E-state index < -0.39 is 0 Å². The van der Waals surface area contributed by atoms with Crippen LogP contribution < -0.4 is 5.32 Å². The van der Waals surface area contributed by atoms with E-state index in [0.29, 0.717) is 23.8 Å². The smallest absolute Gasteiger partial charge is 0.223 e. The second-order valence-electron chi connectivity index (χ2n) is 8.76. The Labute approximate surface area is 135 Å². The zero-order chi connectivity index (χ0) is 15.1. The first-order valence-corrected chi connectivity index (χ1v) is 9.69. The number of fused-ring (bicyclic) bond motifs is 1. The molecule has 5 fully saturated rings. The zero-order valence-corrected chi connectivity index (χ0v) is 14.1. The lowest BCUT2D eigenvalue weighted by Crippen LogP contribution is -2.43. The molecule has 0 spiro atoms. The van der Waals surface area contributed by atoms with Crippen molar-refractivity contribution in [1.29, 1.82) is 0 Å². The number of carbonyl (C=O) groups is 1. The minimum Gasteiger partial charge on any atom is -0.339 e. The molecule has 124 valence electrons. The van der Waals surface area contributed by atoms with Gasteiger partial charge in [0.1, 0.15) is 0 Å². The highest BCUT2D eigenvalue weighted by Crippen LogP contribution is 2.47. The molecule has 0 radical (unpaired) electrons. The quantitative estimate of drug-likeness (QED) is 0.869. The van der Waals surface area contributed by atoms with Crippen LogP contribution in [0.2, 0.25) is 0 Å². The maximum absolute atomic E-state index is 13.0. The van der Waals surface area contributed by atoms with Crippen LogP contribution in [0.15, 0.2) is 0 Å². The van der Waals surface area contributed by atoms with E-state index in [4.69, 9.17) is 0 Å². The Kier molecular flexibility index (Phi) is 4.19. The summed E-state index contributed by atoms with van der Waals surface area (Å²) < 4.78 is 0. The molecule has 1 N–H and O–H groups in total. The summed E-state index contributed by atoms with van der Waals surface area (Å²) in [6.07, 6.45) is 10.2. The molecule has 4 bridgehead atoms. The van der Waals surface area contributed by atoms with Crippen LogP contribution in [0.3, 0.4) is 0 Å². The number of nitrogens with zero attached hydrogens (tertiary/aromatic N) is 1. The molecule has 0 aromatic rings. The monoisotopic (exact) mass is 304 g/mol. The molecule has 4 unspecified atom stereocenters. The van der Waals surface area contributed by atoms with Gasteiger partial charge in [0.05, 0.1) is 0 Å². The lowest BCUT2D eigenvalue weighted by atomic mass is 9.68. The van der Waals surface area contributed by atoms with Gasteiger partial charge in [-0.05, 0) is 87.6 Å². The third-order valence-electron chi connectivity index (χ3n) is 7.06. The van der Waals surface area contributed by atoms with Crippen LogP contribution in [-0.4, -0.2) is 36.5 Å². The predicted molar refractivity (Wildman–Crippen MR) is 88.4 cm³/mol. The van der Waals surface area contributed by atoms with Gasteiger partial charge in [-0.2, -0.15) is 0 Å². The highest BCUT2D eigenvalue weighted by molar-refractivity contribution is 5.77. The number of amides is 1. The van der Waals surface area contributed by atoms with Crippen molar-refractivity contribution in [3.63, 3.8) is 0 Å². The van der Waals surface area contributed by atoms with Crippen LogP contribution in [-0.2, 0) is 4.79 Å². The Morgan fingerprint density at radius 2 is 1.86 bits per heavy atom. The van der Waals surface area contributed by atoms with Gasteiger partial charge in [-0.1, -0.05) is 6.92 Å². The molecule has 2 saturated carbocycles. The third-order valence-corrected chi connectivity index (χ3v) is 7.06. The van der Waals surface area contributed by atoms with Crippen LogP contribution in [0.1, 0.15) is 58.3 Å². The summed E-state index contributed by atoms with van der Waals surface area (Å²) in [5, 5.41) is 3.50. The van der Waals surface area contributed by atoms with E-state index in [1.807, 2.05) is 0 Å². The topological polar surface area (TPSA) is 32.3 Å². The Bertz CT molecular complexity index is 404. The number of carbonyl (C=O) groups excluding carboxylic acids is 1. The van der Waals surface area contributed by atoms with Crippen LogP contribution in [0.5, 0.6) is 0 Å². The van der Waals surface area contributed by atoms with E-state index in [1.165, 1.54) is 44.9 Å². The van der Waals surface area contributed by atoms with Gasteiger partial charge in [-0.15, -0.1) is 0 Å². The lowest BCUT2D eigenvalue weighted by Gasteiger charge is -2.39. The SMILES string of the molecule is CC(CC(=O)N1CC2CC3CC(C2)CC1C3)C1CCCNC1. The van der Waals surface area contributed by atoms with Gasteiger partial charge in [0.2, 0.25) is 5.91 Å². The minimum absolute atomic E-state index is 0.469. The van der Waals surface area contributed by atoms with Gasteiger partial charge in [-0.3, -0.25) is 4.79 Å². The molecular formula is C19H32N2O. The Hall–Kier alpha value is -0.570. The molecule has 3 aliphatic heterocycles. The molecule has 0 aromatic heterocycles. The normalized spacial score (nSPS) is 42.2. The van der Waals surface area contributed by atoms with Crippen molar-refractivity contribution in [3.8, 4) is 0 Å². The summed E-state index contributed by atoms with van der Waals surface area (Å²) >= 11 is 0. The van der Waals surface area contributed by atoms with Gasteiger partial charge >= 0.3 is 0 Å². The van der Waals surface area contributed by atoms with Gasteiger partial charge in [-0.25, -0.2) is 0 Å². The maximum atomic E-state index is 13.0. The molecule has 5 aliphatic rings. The summed E-state index contributed by atoms with van der Waals surface area (Å²) in [7, 11) is 0. The molecule has 3 heterocycles. The van der Waals surface area contributed by atoms with Crippen LogP contribution in [0.4, 0.5) is 0 Å². The summed E-state index contributed by atoms with van der Waals surface area (Å²) in [6.45, 7) is 5.66. The van der Waals surface area contributed by atoms with Gasteiger partial charge in [0.25, 0.3) is 0 Å². The molecule has 4 atom stereocenters. The largest absolute Gasteiger partial charge is 0.339 e. The summed E-state index contributed by atoms with van der Waals surface area (Å²) in [4.78, 5) is 15.3. The Balaban J connectivity index is 1.39. The molecule has 5 rings (SSSR count). The minimum atomic E-state index is 0.469. The average Bonchev–Trinajstić information content (AvgIpc) is 2.72. The first-order chi connectivity index (χ1) is 10.7. The third kappa shape index (κ3) is 2.93. The van der Waals surface area contributed by atoms with Crippen molar-refractivity contribution in [2.75, 3.05) is 19.6 Å². The summed E-state index contributed by atoms with van der Waals surface area (Å²) in [5.74, 6) is 4.39. The molecule has 0 aromatic carbocycles. The molecule has 1 amide bonds. The molecule has 3 heteroatoms. The van der Waals surface area contributed by atoms with E-state index in [0.717, 1.165) is 43.8 Å². The molecule has 3 saturated heterocycles. The lowest BCUT2D eigenvalue weighted by molar-refractivity contribution is -0.135. The zero-order valence-electron chi connectivity index (χ0n) is 14.1. The first-order valence-electron chi connectivity index (χ1n) is 9.69. The Morgan fingerprint density at radius 3 is 2.55 bits per heavy atom. The predicted octanol–water partition coefficient (Wildman–Crippen LogP) is 3.05. The second kappa shape index (κ2) is 6.14. The fraction of sp³-hybridized carbons (Fsp3) is 0.947. The standard InChI is InChI=1S/C19H32N2O/c1-13(17-3-2-4-20-11-17)5-19(22)21-12-16-7-14-6-15(8-16)10-18(21)9-14/h13-18,20H,2-12H2,1H3. The molecule has 2 aliphatic carbocycles. The second-order valence-corrected chi connectivity index (χ2v) is 8.76. The maximum Gasteiger partial charge on any atom is 0.223 e. The average molecular weight is 304 g/mol. The molecule has 3 nitrogen and oxygen atoms in total. The highest BCUT2D eigenvalue weighted by Gasteiger charge is 2.44. The van der Waals surface area contributed by atoms with Gasteiger partial charge < -0.3 is 10.2 Å². The van der Waals surface area contributed by atoms with Crippen LogP contribution >= 0.6 is 0 Å². The number of nitrogens with one attached hydrogen (secondary N) is 1. The van der Waals surface area contributed by atoms with Crippen LogP contribution in [0, 0.1) is 29.6 Å². The van der Waals surface area contributed by atoms with Crippen LogP contribution in [0.25, 0.3) is 0 Å². The van der Waals surface area contributed by atoms with Crippen molar-refractivity contribution < 1.29 is 4.79 Å². The number of piperidine rings is 1. The van der Waals surface area contributed by atoms with Gasteiger partial charge in [0.15, 0.2) is 0 Å². The molecule has 22 heavy (non-hydrogen) atoms. The van der Waals surface area contributed by atoms with E-state index in [-0.39, 0.29) is 0 Å². The fourth-order valence-corrected chi connectivity index (χ4v) is 6.01. The van der Waals surface area contributed by atoms with Gasteiger partial charge in [0, 0.05) is 19.0 Å². The van der Waals surface area contributed by atoms with Crippen molar-refractivity contribution in [2.24, 2.45) is 29.6 Å². The van der Waals surface area contributed by atoms with E-state index in [9.17, 15) is 4.79 Å². The van der Waals surface area contributed by atoms with Crippen molar-refractivity contribution >= 4 is 5.91 Å².